The molecule has 0 atom stereocenters. The molecule has 0 aliphatic rings. The van der Waals surface area contributed by atoms with Crippen molar-refractivity contribution >= 4 is 15.9 Å². The van der Waals surface area contributed by atoms with Crippen molar-refractivity contribution in [2.75, 3.05) is 13.2 Å². The normalized spacial score (nSPS) is 10.8. The quantitative estimate of drug-likeness (QED) is 0.356. The Kier molecular flexibility index (Phi) is 8.29. The minimum Gasteiger partial charge on any atom is -0.490 e. The van der Waals surface area contributed by atoms with Gasteiger partial charge in [-0.3, -0.25) is 0 Å². The summed E-state index contributed by atoms with van der Waals surface area (Å²) in [5.41, 5.74) is 4.13. The van der Waals surface area contributed by atoms with Crippen LogP contribution in [0.3, 0.4) is 0 Å². The van der Waals surface area contributed by atoms with Crippen molar-refractivity contribution in [3.8, 4) is 11.5 Å². The third-order valence-corrected chi connectivity index (χ3v) is 5.64. The second-order valence-electron chi connectivity index (χ2n) is 7.06. The van der Waals surface area contributed by atoms with E-state index in [1.165, 1.54) is 11.6 Å². The first kappa shape index (κ1) is 22.3. The molecule has 0 saturated heterocycles. The van der Waals surface area contributed by atoms with Crippen LogP contribution in [0, 0.1) is 12.7 Å². The molecule has 30 heavy (non-hydrogen) atoms. The first-order chi connectivity index (χ1) is 14.6. The number of hydrogen-bond acceptors (Lipinski definition) is 3. The van der Waals surface area contributed by atoms with E-state index in [9.17, 15) is 4.39 Å². The van der Waals surface area contributed by atoms with E-state index in [4.69, 9.17) is 9.47 Å². The third kappa shape index (κ3) is 6.07. The molecule has 0 aromatic heterocycles. The average Bonchev–Trinajstić information content (AvgIpc) is 2.74. The molecule has 3 aromatic carbocycles. The predicted molar refractivity (Wildman–Crippen MR) is 123 cm³/mol. The molecule has 0 saturated carbocycles. The van der Waals surface area contributed by atoms with E-state index in [2.05, 4.69) is 40.3 Å². The van der Waals surface area contributed by atoms with Crippen LogP contribution in [0.2, 0.25) is 0 Å². The summed E-state index contributed by atoms with van der Waals surface area (Å²) < 4.78 is 26.6. The molecule has 0 bridgehead atoms. The van der Waals surface area contributed by atoms with Gasteiger partial charge < -0.3 is 14.8 Å². The number of ether oxygens (including phenoxy) is 2. The Labute approximate surface area is 186 Å². The number of rotatable bonds is 10. The maximum atomic E-state index is 13.7. The molecule has 3 nitrogen and oxygen atoms in total. The number of halogens is 2. The molecule has 0 aliphatic carbocycles. The molecule has 0 aliphatic heterocycles. The van der Waals surface area contributed by atoms with Gasteiger partial charge in [0.15, 0.2) is 11.5 Å². The molecule has 5 heteroatoms. The summed E-state index contributed by atoms with van der Waals surface area (Å²) in [6.45, 7) is 6.41. The summed E-state index contributed by atoms with van der Waals surface area (Å²) in [7, 11) is 0. The van der Waals surface area contributed by atoms with Gasteiger partial charge in [-0.05, 0) is 67.3 Å². The standard InChI is InChI=1S/C25H27BrFNO2/c1-3-29-24-14-21(16-28-13-12-19-9-6-7-11-23(19)27)22(26)15-25(24)30-17-20-10-5-4-8-18(20)2/h4-11,14-15,28H,3,12-13,16-17H2,1-2H3. The molecule has 0 spiro atoms. The molecule has 0 radical (unpaired) electrons. The molecular weight excluding hydrogens is 445 g/mol. The van der Waals surface area contributed by atoms with Crippen molar-refractivity contribution in [1.29, 1.82) is 0 Å². The molecule has 158 valence electrons. The van der Waals surface area contributed by atoms with Crippen molar-refractivity contribution in [3.05, 3.63) is 93.2 Å². The highest BCUT2D eigenvalue weighted by Crippen LogP contribution is 2.34. The van der Waals surface area contributed by atoms with Gasteiger partial charge in [-0.15, -0.1) is 0 Å². The minimum absolute atomic E-state index is 0.158. The highest BCUT2D eigenvalue weighted by molar-refractivity contribution is 9.10. The van der Waals surface area contributed by atoms with Crippen LogP contribution in [0.25, 0.3) is 0 Å². The molecule has 3 aromatic rings. The Balaban J connectivity index is 1.63. The van der Waals surface area contributed by atoms with Crippen LogP contribution >= 0.6 is 15.9 Å². The lowest BCUT2D eigenvalue weighted by Gasteiger charge is -2.16. The van der Waals surface area contributed by atoms with Gasteiger partial charge in [0.25, 0.3) is 0 Å². The fourth-order valence-corrected chi connectivity index (χ4v) is 3.63. The lowest BCUT2D eigenvalue weighted by Crippen LogP contribution is -2.17. The first-order valence-electron chi connectivity index (χ1n) is 10.1. The monoisotopic (exact) mass is 471 g/mol. The van der Waals surface area contributed by atoms with Gasteiger partial charge in [0, 0.05) is 11.0 Å². The Morgan fingerprint density at radius 2 is 1.60 bits per heavy atom. The first-order valence-corrected chi connectivity index (χ1v) is 10.9. The van der Waals surface area contributed by atoms with E-state index in [1.807, 2.05) is 43.3 Å². The Bertz CT molecular complexity index is 977. The second kappa shape index (κ2) is 11.1. The number of benzene rings is 3. The van der Waals surface area contributed by atoms with E-state index in [0.717, 1.165) is 26.9 Å². The lowest BCUT2D eigenvalue weighted by atomic mass is 10.1. The van der Waals surface area contributed by atoms with Crippen LogP contribution in [0.15, 0.2) is 65.1 Å². The molecule has 3 rings (SSSR count). The number of aryl methyl sites for hydroxylation is 1. The van der Waals surface area contributed by atoms with E-state index in [-0.39, 0.29) is 5.82 Å². The van der Waals surface area contributed by atoms with Crippen LogP contribution in [-0.4, -0.2) is 13.2 Å². The molecule has 0 heterocycles. The second-order valence-corrected chi connectivity index (χ2v) is 7.91. The topological polar surface area (TPSA) is 30.5 Å². The number of nitrogens with one attached hydrogen (secondary N) is 1. The Morgan fingerprint density at radius 3 is 2.33 bits per heavy atom. The van der Waals surface area contributed by atoms with Gasteiger partial charge in [-0.1, -0.05) is 58.4 Å². The van der Waals surface area contributed by atoms with Crippen LogP contribution in [0.1, 0.15) is 29.2 Å². The van der Waals surface area contributed by atoms with E-state index < -0.39 is 0 Å². The summed E-state index contributed by atoms with van der Waals surface area (Å²) >= 11 is 3.65. The molecule has 0 unspecified atom stereocenters. The van der Waals surface area contributed by atoms with Gasteiger partial charge in [0.2, 0.25) is 0 Å². The van der Waals surface area contributed by atoms with Crippen molar-refractivity contribution in [2.45, 2.75) is 33.4 Å². The molecule has 1 N–H and O–H groups in total. The van der Waals surface area contributed by atoms with Gasteiger partial charge >= 0.3 is 0 Å². The van der Waals surface area contributed by atoms with E-state index in [0.29, 0.717) is 38.5 Å². The molecular formula is C25H27BrFNO2. The fourth-order valence-electron chi connectivity index (χ4n) is 3.17. The Hall–Kier alpha value is -2.37. The van der Waals surface area contributed by atoms with E-state index >= 15 is 0 Å². The van der Waals surface area contributed by atoms with Crippen molar-refractivity contribution in [1.82, 2.24) is 5.32 Å². The summed E-state index contributed by atoms with van der Waals surface area (Å²) in [5.74, 6) is 1.27. The molecule has 0 fully saturated rings. The van der Waals surface area contributed by atoms with Gasteiger partial charge in [-0.25, -0.2) is 4.39 Å². The Morgan fingerprint density at radius 1 is 0.900 bits per heavy atom. The maximum absolute atomic E-state index is 13.7. The minimum atomic E-state index is -0.158. The fraction of sp³-hybridized carbons (Fsp3) is 0.280. The highest BCUT2D eigenvalue weighted by Gasteiger charge is 2.12. The van der Waals surface area contributed by atoms with Crippen LogP contribution in [-0.2, 0) is 19.6 Å². The highest BCUT2D eigenvalue weighted by atomic mass is 79.9. The van der Waals surface area contributed by atoms with Crippen LogP contribution in [0.5, 0.6) is 11.5 Å². The zero-order valence-corrected chi connectivity index (χ0v) is 19.0. The average molecular weight is 472 g/mol. The number of hydrogen-bond donors (Lipinski definition) is 1. The summed E-state index contributed by atoms with van der Waals surface area (Å²) in [4.78, 5) is 0. The molecule has 0 amide bonds. The van der Waals surface area contributed by atoms with Crippen LogP contribution in [0.4, 0.5) is 4.39 Å². The van der Waals surface area contributed by atoms with E-state index in [1.54, 1.807) is 6.07 Å². The SMILES string of the molecule is CCOc1cc(CNCCc2ccccc2F)c(Br)cc1OCc1ccccc1C. The van der Waals surface area contributed by atoms with Crippen LogP contribution < -0.4 is 14.8 Å². The van der Waals surface area contributed by atoms with Crippen molar-refractivity contribution in [2.24, 2.45) is 0 Å². The lowest BCUT2D eigenvalue weighted by molar-refractivity contribution is 0.268. The maximum Gasteiger partial charge on any atom is 0.162 e. The van der Waals surface area contributed by atoms with Gasteiger partial charge in [-0.2, -0.15) is 0 Å². The summed E-state index contributed by atoms with van der Waals surface area (Å²) in [5, 5.41) is 3.38. The largest absolute Gasteiger partial charge is 0.490 e. The summed E-state index contributed by atoms with van der Waals surface area (Å²) in [6.07, 6.45) is 0.639. The predicted octanol–water partition coefficient (Wildman–Crippen LogP) is 6.21. The zero-order chi connectivity index (χ0) is 21.3. The van der Waals surface area contributed by atoms with Gasteiger partial charge in [0.1, 0.15) is 12.4 Å². The zero-order valence-electron chi connectivity index (χ0n) is 17.4. The third-order valence-electron chi connectivity index (χ3n) is 4.90. The summed E-state index contributed by atoms with van der Waals surface area (Å²) in [6, 6.07) is 19.0. The van der Waals surface area contributed by atoms with Gasteiger partial charge in [0.05, 0.1) is 6.61 Å². The smallest absolute Gasteiger partial charge is 0.162 e. The van der Waals surface area contributed by atoms with Crippen molar-refractivity contribution in [3.63, 3.8) is 0 Å². The van der Waals surface area contributed by atoms with Crippen molar-refractivity contribution < 1.29 is 13.9 Å².